The van der Waals surface area contributed by atoms with Crippen LogP contribution in [0.3, 0.4) is 0 Å². The lowest BCUT2D eigenvalue weighted by Crippen LogP contribution is -2.46. The van der Waals surface area contributed by atoms with Gasteiger partial charge in [0.05, 0.1) is 0 Å². The van der Waals surface area contributed by atoms with Crippen molar-refractivity contribution in [3.05, 3.63) is 0 Å². The van der Waals surface area contributed by atoms with E-state index in [1.165, 1.54) is 32.1 Å². The van der Waals surface area contributed by atoms with E-state index in [0.717, 1.165) is 24.9 Å². The summed E-state index contributed by atoms with van der Waals surface area (Å²) >= 11 is 0. The van der Waals surface area contributed by atoms with Gasteiger partial charge in [-0.15, -0.1) is 0 Å². The van der Waals surface area contributed by atoms with Crippen LogP contribution in [0.2, 0.25) is 5.54 Å². The molecule has 1 saturated carbocycles. The number of hydrogen-bond acceptors (Lipinski definition) is 3. The van der Waals surface area contributed by atoms with Crippen molar-refractivity contribution in [3.63, 3.8) is 0 Å². The van der Waals surface area contributed by atoms with Crippen molar-refractivity contribution in [2.45, 2.75) is 57.4 Å². The molecule has 0 aliphatic heterocycles. The van der Waals surface area contributed by atoms with Crippen LogP contribution in [0, 0.1) is 0 Å². The fourth-order valence-electron chi connectivity index (χ4n) is 2.71. The van der Waals surface area contributed by atoms with Crippen molar-refractivity contribution in [3.8, 4) is 0 Å². The van der Waals surface area contributed by atoms with Gasteiger partial charge in [0.1, 0.15) is 14.7 Å². The molecule has 1 atom stereocenters. The quantitative estimate of drug-likeness (QED) is 0.551. The topological polar surface area (TPSA) is 44.5 Å². The predicted octanol–water partition coefficient (Wildman–Crippen LogP) is 1.98. The molecule has 0 radical (unpaired) electrons. The van der Waals surface area contributed by atoms with Crippen LogP contribution in [0.4, 0.5) is 0 Å². The van der Waals surface area contributed by atoms with Crippen molar-refractivity contribution >= 4 is 8.80 Å². The van der Waals surface area contributed by atoms with Gasteiger partial charge in [0.2, 0.25) is 0 Å². The molecule has 0 spiro atoms. The second kappa shape index (κ2) is 8.23. The van der Waals surface area contributed by atoms with Crippen LogP contribution in [-0.2, 0) is 9.47 Å². The molecule has 3 nitrogen and oxygen atoms in total. The molecule has 96 valence electrons. The summed E-state index contributed by atoms with van der Waals surface area (Å²) in [5.41, 5.74) is 6.80. The van der Waals surface area contributed by atoms with Crippen LogP contribution >= 0.6 is 0 Å². The van der Waals surface area contributed by atoms with Gasteiger partial charge in [-0.25, -0.2) is 0 Å². The summed E-state index contributed by atoms with van der Waals surface area (Å²) in [6, 6.07) is 0. The van der Waals surface area contributed by atoms with Crippen molar-refractivity contribution in [1.82, 2.24) is 0 Å². The van der Waals surface area contributed by atoms with E-state index >= 15 is 0 Å². The first-order valence-corrected chi connectivity index (χ1v) is 8.91. The van der Waals surface area contributed by atoms with Crippen LogP contribution in [0.15, 0.2) is 0 Å². The van der Waals surface area contributed by atoms with Crippen molar-refractivity contribution < 1.29 is 9.47 Å². The Bertz CT molecular complexity index is 168. The van der Waals surface area contributed by atoms with Crippen LogP contribution in [0.5, 0.6) is 0 Å². The Balaban J connectivity index is 2.52. The Morgan fingerprint density at radius 3 is 2.12 bits per heavy atom. The monoisotopic (exact) mass is 245 g/mol. The standard InChI is InChI=1S/C12H27NO2Si/c1-3-14-12(15-4-2)16(10-13)11-8-6-5-7-9-11/h11-12,16H,3-10,13H2,1-2H3. The third-order valence-electron chi connectivity index (χ3n) is 3.54. The fraction of sp³-hybridized carbons (Fsp3) is 1.00. The predicted molar refractivity (Wildman–Crippen MR) is 70.1 cm³/mol. The Hall–Kier alpha value is 0.0969. The maximum absolute atomic E-state index is 5.97. The van der Waals surface area contributed by atoms with Crippen LogP contribution in [-0.4, -0.2) is 34.1 Å². The molecule has 2 N–H and O–H groups in total. The molecule has 0 aromatic rings. The summed E-state index contributed by atoms with van der Waals surface area (Å²) in [5.74, 6) is 0.0445. The molecule has 0 aromatic carbocycles. The number of ether oxygens (including phenoxy) is 2. The Morgan fingerprint density at radius 1 is 1.12 bits per heavy atom. The molecule has 1 unspecified atom stereocenters. The van der Waals surface area contributed by atoms with Crippen LogP contribution in [0.1, 0.15) is 46.0 Å². The molecular formula is C12H27NO2Si. The second-order valence-corrected chi connectivity index (χ2v) is 7.86. The SMILES string of the molecule is CCOC(OCC)[SiH](CN)C1CCCCC1. The Kier molecular flexibility index (Phi) is 7.28. The van der Waals surface area contributed by atoms with E-state index in [-0.39, 0.29) is 5.91 Å². The average molecular weight is 245 g/mol. The third kappa shape index (κ3) is 4.16. The molecule has 0 amide bonds. The molecule has 0 saturated heterocycles. The maximum Gasteiger partial charge on any atom is 0.139 e. The maximum atomic E-state index is 5.97. The van der Waals surface area contributed by atoms with E-state index in [9.17, 15) is 0 Å². The minimum Gasteiger partial charge on any atom is -0.357 e. The van der Waals surface area contributed by atoms with E-state index in [2.05, 4.69) is 0 Å². The zero-order chi connectivity index (χ0) is 11.8. The third-order valence-corrected chi connectivity index (χ3v) is 7.05. The Morgan fingerprint density at radius 2 is 1.69 bits per heavy atom. The summed E-state index contributed by atoms with van der Waals surface area (Å²) in [6.45, 7) is 5.55. The largest absolute Gasteiger partial charge is 0.357 e. The van der Waals surface area contributed by atoms with E-state index in [4.69, 9.17) is 15.2 Å². The number of hydrogen-bond donors (Lipinski definition) is 1. The molecule has 1 fully saturated rings. The van der Waals surface area contributed by atoms with Gasteiger partial charge in [-0.05, 0) is 25.6 Å². The van der Waals surface area contributed by atoms with Crippen LogP contribution < -0.4 is 5.73 Å². The first-order chi connectivity index (χ1) is 7.83. The van der Waals surface area contributed by atoms with Crippen molar-refractivity contribution in [2.75, 3.05) is 19.4 Å². The van der Waals surface area contributed by atoms with E-state index in [1.807, 2.05) is 13.8 Å². The number of nitrogens with two attached hydrogens (primary N) is 1. The minimum atomic E-state index is -1.11. The van der Waals surface area contributed by atoms with Gasteiger partial charge in [-0.1, -0.05) is 32.1 Å². The van der Waals surface area contributed by atoms with Gasteiger partial charge in [0.15, 0.2) is 0 Å². The average Bonchev–Trinajstić information content (AvgIpc) is 2.32. The first kappa shape index (κ1) is 14.2. The van der Waals surface area contributed by atoms with Gasteiger partial charge in [-0.2, -0.15) is 0 Å². The first-order valence-electron chi connectivity index (χ1n) is 6.76. The summed E-state index contributed by atoms with van der Waals surface area (Å²) in [6.07, 6.45) is 7.67. The summed E-state index contributed by atoms with van der Waals surface area (Å²) in [5, 5.41) is 0. The highest BCUT2D eigenvalue weighted by Gasteiger charge is 2.32. The normalized spacial score (nSPS) is 20.2. The molecule has 1 aliphatic rings. The minimum absolute atomic E-state index is 0.0445. The lowest BCUT2D eigenvalue weighted by molar-refractivity contribution is -0.0867. The molecule has 1 rings (SSSR count). The van der Waals surface area contributed by atoms with Crippen LogP contribution in [0.25, 0.3) is 0 Å². The van der Waals surface area contributed by atoms with Gasteiger partial charge >= 0.3 is 0 Å². The van der Waals surface area contributed by atoms with Gasteiger partial charge in [0.25, 0.3) is 0 Å². The zero-order valence-electron chi connectivity index (χ0n) is 10.8. The number of rotatable bonds is 7. The molecule has 0 heterocycles. The van der Waals surface area contributed by atoms with Gasteiger partial charge in [0, 0.05) is 13.2 Å². The Labute approximate surface area is 101 Å². The van der Waals surface area contributed by atoms with Crippen molar-refractivity contribution in [1.29, 1.82) is 0 Å². The molecule has 0 aromatic heterocycles. The van der Waals surface area contributed by atoms with E-state index in [0.29, 0.717) is 0 Å². The lowest BCUT2D eigenvalue weighted by Gasteiger charge is -2.33. The highest BCUT2D eigenvalue weighted by atomic mass is 28.3. The summed E-state index contributed by atoms with van der Waals surface area (Å²) in [4.78, 5) is 0. The molecular weight excluding hydrogens is 218 g/mol. The highest BCUT2D eigenvalue weighted by Crippen LogP contribution is 2.32. The smallest absolute Gasteiger partial charge is 0.139 e. The molecule has 4 heteroatoms. The van der Waals surface area contributed by atoms with Crippen molar-refractivity contribution in [2.24, 2.45) is 5.73 Å². The van der Waals surface area contributed by atoms with Gasteiger partial charge in [-0.3, -0.25) is 0 Å². The lowest BCUT2D eigenvalue weighted by atomic mass is 10.0. The highest BCUT2D eigenvalue weighted by molar-refractivity contribution is 6.61. The second-order valence-electron chi connectivity index (χ2n) is 4.58. The van der Waals surface area contributed by atoms with Gasteiger partial charge < -0.3 is 15.2 Å². The fourth-order valence-corrected chi connectivity index (χ4v) is 5.97. The van der Waals surface area contributed by atoms with E-state index in [1.54, 1.807) is 0 Å². The van der Waals surface area contributed by atoms with E-state index < -0.39 is 8.80 Å². The zero-order valence-corrected chi connectivity index (χ0v) is 11.9. The summed E-state index contributed by atoms with van der Waals surface area (Å²) < 4.78 is 11.5. The summed E-state index contributed by atoms with van der Waals surface area (Å²) in [7, 11) is -1.11. The molecule has 1 aliphatic carbocycles. The molecule has 0 bridgehead atoms. The molecule has 16 heavy (non-hydrogen) atoms.